The van der Waals surface area contributed by atoms with Crippen molar-refractivity contribution in [2.45, 2.75) is 19.1 Å². The lowest BCUT2D eigenvalue weighted by atomic mass is 9.95. The molecule has 27 heavy (non-hydrogen) atoms. The van der Waals surface area contributed by atoms with Gasteiger partial charge in [0.1, 0.15) is 30.0 Å². The van der Waals surface area contributed by atoms with Gasteiger partial charge in [0, 0.05) is 29.8 Å². The van der Waals surface area contributed by atoms with Gasteiger partial charge in [-0.1, -0.05) is 0 Å². The minimum atomic E-state index is -0.126. The predicted octanol–water partition coefficient (Wildman–Crippen LogP) is 1.88. The molecule has 0 bridgehead atoms. The highest BCUT2D eigenvalue weighted by atomic mass is 16.6. The average Bonchev–Trinajstić information content (AvgIpc) is 2.72. The van der Waals surface area contributed by atoms with Gasteiger partial charge in [-0.3, -0.25) is 4.79 Å². The first-order valence-corrected chi connectivity index (χ1v) is 9.02. The Balaban J connectivity index is 1.71. The maximum Gasteiger partial charge on any atom is 0.254 e. The number of methoxy groups -OCH3 is 2. The summed E-state index contributed by atoms with van der Waals surface area (Å²) in [5, 5.41) is 0. The number of aromatic nitrogens is 1. The van der Waals surface area contributed by atoms with Crippen molar-refractivity contribution in [2.24, 2.45) is 0 Å². The van der Waals surface area contributed by atoms with Crippen LogP contribution in [0, 0.1) is 0 Å². The van der Waals surface area contributed by atoms with Crippen molar-refractivity contribution in [3.05, 3.63) is 40.2 Å². The Labute approximate surface area is 157 Å². The van der Waals surface area contributed by atoms with Crippen LogP contribution in [0.1, 0.15) is 5.56 Å². The normalized spacial score (nSPS) is 18.4. The molecule has 4 rings (SSSR count). The number of rotatable bonds is 5. The van der Waals surface area contributed by atoms with Crippen LogP contribution in [-0.2, 0) is 22.4 Å². The third-order valence-corrected chi connectivity index (χ3v) is 4.94. The van der Waals surface area contributed by atoms with Crippen LogP contribution in [0.5, 0.6) is 17.2 Å². The molecule has 7 nitrogen and oxygen atoms in total. The Morgan fingerprint density at radius 3 is 2.70 bits per heavy atom. The fourth-order valence-electron chi connectivity index (χ4n) is 3.64. The Bertz CT molecular complexity index is 885. The number of nitrogens with zero attached hydrogens (tertiary/aromatic N) is 1. The maximum atomic E-state index is 12.7. The van der Waals surface area contributed by atoms with Crippen LogP contribution >= 0.6 is 0 Å². The van der Waals surface area contributed by atoms with Crippen LogP contribution in [0.25, 0.3) is 11.3 Å². The zero-order valence-electron chi connectivity index (χ0n) is 15.5. The molecule has 2 aliphatic heterocycles. The van der Waals surface area contributed by atoms with Crippen LogP contribution in [0.2, 0.25) is 0 Å². The van der Waals surface area contributed by atoms with Gasteiger partial charge in [0.2, 0.25) is 0 Å². The van der Waals surface area contributed by atoms with Crippen LogP contribution in [0.15, 0.2) is 29.1 Å². The van der Waals surface area contributed by atoms with E-state index in [1.165, 1.54) is 6.07 Å². The number of fused-ring (bicyclic) bond motifs is 3. The number of ether oxygens (including phenoxy) is 5. The second kappa shape index (κ2) is 7.62. The summed E-state index contributed by atoms with van der Waals surface area (Å²) in [7, 11) is 3.27. The molecular formula is C20H23NO6. The lowest BCUT2D eigenvalue weighted by Gasteiger charge is -2.26. The lowest BCUT2D eigenvalue weighted by molar-refractivity contribution is -0.101. The van der Waals surface area contributed by atoms with Gasteiger partial charge in [-0.25, -0.2) is 0 Å². The minimum absolute atomic E-state index is 0.0983. The molecule has 0 radical (unpaired) electrons. The number of benzene rings is 1. The molecule has 2 aromatic rings. The Kier molecular flexibility index (Phi) is 5.05. The van der Waals surface area contributed by atoms with Crippen LogP contribution in [0.3, 0.4) is 0 Å². The Hall–Kier alpha value is -2.51. The first-order valence-electron chi connectivity index (χ1n) is 9.02. The zero-order valence-corrected chi connectivity index (χ0v) is 15.5. The summed E-state index contributed by atoms with van der Waals surface area (Å²) in [5.74, 6) is 2.02. The van der Waals surface area contributed by atoms with Crippen LogP contribution in [0.4, 0.5) is 0 Å². The zero-order chi connectivity index (χ0) is 18.8. The molecule has 1 atom stereocenters. The minimum Gasteiger partial charge on any atom is -0.496 e. The van der Waals surface area contributed by atoms with Crippen molar-refractivity contribution >= 4 is 0 Å². The molecule has 0 N–H and O–H groups in total. The molecule has 0 saturated carbocycles. The largest absolute Gasteiger partial charge is 0.496 e. The van der Waals surface area contributed by atoms with E-state index in [0.29, 0.717) is 50.9 Å². The molecule has 7 heteroatoms. The monoisotopic (exact) mass is 373 g/mol. The van der Waals surface area contributed by atoms with Crippen molar-refractivity contribution in [3.8, 4) is 28.5 Å². The van der Waals surface area contributed by atoms with Crippen molar-refractivity contribution in [1.82, 2.24) is 4.57 Å². The van der Waals surface area contributed by atoms with Gasteiger partial charge in [-0.05, 0) is 18.6 Å². The van der Waals surface area contributed by atoms with E-state index in [0.717, 1.165) is 22.6 Å². The third kappa shape index (κ3) is 3.40. The summed E-state index contributed by atoms with van der Waals surface area (Å²) in [5.41, 5.74) is 2.59. The summed E-state index contributed by atoms with van der Waals surface area (Å²) in [4.78, 5) is 12.7. The molecule has 1 saturated heterocycles. The SMILES string of the molecule is COc1ccc(OC)c2c1CCn1c-2cc(OC[C@@H]2COCCO2)cc1=O. The standard InChI is InChI=1S/C20H23NO6/c1-23-17-3-4-18(24-2)20-15(17)5-6-21-16(20)9-13(10-19(21)22)27-12-14-11-25-7-8-26-14/h3-4,9-10,14H,5-8,11-12H2,1-2H3/t14-/m0/s1. The summed E-state index contributed by atoms with van der Waals surface area (Å²) in [6, 6.07) is 7.15. The van der Waals surface area contributed by atoms with Crippen LogP contribution < -0.4 is 19.8 Å². The van der Waals surface area contributed by atoms with E-state index in [9.17, 15) is 4.79 Å². The van der Waals surface area contributed by atoms with Gasteiger partial charge in [0.05, 0.1) is 39.7 Å². The Morgan fingerprint density at radius 1 is 1.15 bits per heavy atom. The first-order chi connectivity index (χ1) is 13.2. The number of hydrogen-bond donors (Lipinski definition) is 0. The first kappa shape index (κ1) is 17.9. The van der Waals surface area contributed by atoms with E-state index >= 15 is 0 Å². The summed E-state index contributed by atoms with van der Waals surface area (Å²) >= 11 is 0. The van der Waals surface area contributed by atoms with E-state index in [1.807, 2.05) is 18.2 Å². The quantitative estimate of drug-likeness (QED) is 0.797. The lowest BCUT2D eigenvalue weighted by Crippen LogP contribution is -2.33. The van der Waals surface area contributed by atoms with Gasteiger partial charge in [0.15, 0.2) is 0 Å². The second-order valence-corrected chi connectivity index (χ2v) is 6.52. The molecule has 0 aliphatic carbocycles. The smallest absolute Gasteiger partial charge is 0.254 e. The van der Waals surface area contributed by atoms with E-state index < -0.39 is 0 Å². The highest BCUT2D eigenvalue weighted by molar-refractivity contribution is 5.76. The van der Waals surface area contributed by atoms with Gasteiger partial charge in [-0.2, -0.15) is 0 Å². The van der Waals surface area contributed by atoms with Gasteiger partial charge in [-0.15, -0.1) is 0 Å². The summed E-state index contributed by atoms with van der Waals surface area (Å²) < 4.78 is 29.6. The topological polar surface area (TPSA) is 68.2 Å². The van der Waals surface area contributed by atoms with Gasteiger partial charge >= 0.3 is 0 Å². The van der Waals surface area contributed by atoms with E-state index in [-0.39, 0.29) is 11.7 Å². The average molecular weight is 373 g/mol. The maximum absolute atomic E-state index is 12.7. The summed E-state index contributed by atoms with van der Waals surface area (Å²) in [6.45, 7) is 2.59. The van der Waals surface area contributed by atoms with Gasteiger partial charge in [0.25, 0.3) is 5.56 Å². The van der Waals surface area contributed by atoms with Crippen LogP contribution in [-0.4, -0.2) is 51.3 Å². The Morgan fingerprint density at radius 2 is 1.96 bits per heavy atom. The predicted molar refractivity (Wildman–Crippen MR) is 99.0 cm³/mol. The molecule has 0 amide bonds. The summed E-state index contributed by atoms with van der Waals surface area (Å²) in [6.07, 6.45) is 0.579. The molecule has 1 fully saturated rings. The molecule has 3 heterocycles. The van der Waals surface area contributed by atoms with E-state index in [1.54, 1.807) is 18.8 Å². The molecule has 1 aromatic heterocycles. The molecular weight excluding hydrogens is 350 g/mol. The molecule has 144 valence electrons. The fraction of sp³-hybridized carbons (Fsp3) is 0.450. The highest BCUT2D eigenvalue weighted by Gasteiger charge is 2.25. The van der Waals surface area contributed by atoms with Crippen molar-refractivity contribution in [3.63, 3.8) is 0 Å². The third-order valence-electron chi connectivity index (χ3n) is 4.94. The molecule has 0 unspecified atom stereocenters. The van der Waals surface area contributed by atoms with E-state index in [4.69, 9.17) is 23.7 Å². The molecule has 2 aliphatic rings. The fourth-order valence-corrected chi connectivity index (χ4v) is 3.64. The van der Waals surface area contributed by atoms with Crippen molar-refractivity contribution in [1.29, 1.82) is 0 Å². The van der Waals surface area contributed by atoms with E-state index in [2.05, 4.69) is 0 Å². The molecule has 0 spiro atoms. The number of hydrogen-bond acceptors (Lipinski definition) is 6. The number of pyridine rings is 1. The van der Waals surface area contributed by atoms with Crippen molar-refractivity contribution < 1.29 is 23.7 Å². The van der Waals surface area contributed by atoms with Gasteiger partial charge < -0.3 is 28.3 Å². The molecule has 1 aromatic carbocycles. The second-order valence-electron chi connectivity index (χ2n) is 6.52. The van der Waals surface area contributed by atoms with Crippen molar-refractivity contribution in [2.75, 3.05) is 40.6 Å². The highest BCUT2D eigenvalue weighted by Crippen LogP contribution is 2.41.